The van der Waals surface area contributed by atoms with Crippen LogP contribution in [-0.2, 0) is 4.74 Å². The molecule has 7 nitrogen and oxygen atoms in total. The highest BCUT2D eigenvalue weighted by Crippen LogP contribution is 2.27. The maximum atomic E-state index is 12.9. The van der Waals surface area contributed by atoms with Crippen LogP contribution in [0.1, 0.15) is 16.1 Å². The first kappa shape index (κ1) is 18.9. The molecule has 0 spiro atoms. The lowest BCUT2D eigenvalue weighted by Crippen LogP contribution is -2.51. The second-order valence-corrected chi connectivity index (χ2v) is 6.12. The van der Waals surface area contributed by atoms with E-state index in [0.717, 1.165) is 21.2 Å². The number of aromatic hydroxyl groups is 1. The molecule has 144 valence electrons. The number of hydrogen-bond acceptors (Lipinski definition) is 5. The first-order chi connectivity index (χ1) is 12.7. The molecule has 1 aromatic carbocycles. The summed E-state index contributed by atoms with van der Waals surface area (Å²) in [7, 11) is 0. The number of aryl methyl sites for hydroxylation is 1. The lowest BCUT2D eigenvalue weighted by atomic mass is 10.2. The summed E-state index contributed by atoms with van der Waals surface area (Å²) in [5, 5.41) is 13.8. The summed E-state index contributed by atoms with van der Waals surface area (Å²) < 4.78 is 44.1. The van der Waals surface area contributed by atoms with Gasteiger partial charge in [-0.2, -0.15) is 23.0 Å². The highest BCUT2D eigenvalue weighted by Gasteiger charge is 2.44. The molecule has 1 aliphatic heterocycles. The summed E-state index contributed by atoms with van der Waals surface area (Å²) in [6.45, 7) is 0.749. The molecule has 1 aliphatic rings. The van der Waals surface area contributed by atoms with E-state index in [-0.39, 0.29) is 13.2 Å². The molecule has 1 saturated heterocycles. The van der Waals surface area contributed by atoms with Crippen molar-refractivity contribution in [3.8, 4) is 11.4 Å². The van der Waals surface area contributed by atoms with Gasteiger partial charge in [-0.15, -0.1) is 0 Å². The van der Waals surface area contributed by atoms with Crippen LogP contribution in [0.5, 0.6) is 5.75 Å². The number of morpholine rings is 1. The number of ether oxygens (including phenoxy) is 1. The summed E-state index contributed by atoms with van der Waals surface area (Å²) in [5.41, 5.74) is 0.115. The molecule has 1 atom stereocenters. The molecule has 0 aliphatic carbocycles. The van der Waals surface area contributed by atoms with Crippen molar-refractivity contribution in [2.75, 3.05) is 19.7 Å². The third kappa shape index (κ3) is 3.95. The maximum absolute atomic E-state index is 12.9. The molecule has 1 amide bonds. The van der Waals surface area contributed by atoms with E-state index in [1.54, 1.807) is 24.3 Å². The van der Waals surface area contributed by atoms with Crippen LogP contribution in [0.25, 0.3) is 5.69 Å². The third-order valence-corrected chi connectivity index (χ3v) is 4.11. The van der Waals surface area contributed by atoms with Crippen molar-refractivity contribution in [2.24, 2.45) is 0 Å². The maximum Gasteiger partial charge on any atom is 0.416 e. The Labute approximate surface area is 151 Å². The fraction of sp³-hybridized carbons (Fsp3) is 0.353. The van der Waals surface area contributed by atoms with Gasteiger partial charge < -0.3 is 14.7 Å². The number of alkyl halides is 3. The predicted molar refractivity (Wildman–Crippen MR) is 87.9 cm³/mol. The zero-order valence-electron chi connectivity index (χ0n) is 14.2. The average Bonchev–Trinajstić information content (AvgIpc) is 2.62. The standard InChI is InChI=1S/C17H16F3N3O4/c1-10-2-4-11(5-3-10)23-14(25)8-12(24)15(21-23)16(26)22-6-7-27-13(9-22)17(18,19)20/h2-5,8,13,24H,6-7,9H2,1H3/t13-/m1/s1. The molecule has 0 saturated carbocycles. The Morgan fingerprint density at radius 2 is 1.96 bits per heavy atom. The third-order valence-electron chi connectivity index (χ3n) is 4.11. The lowest BCUT2D eigenvalue weighted by Gasteiger charge is -2.33. The zero-order chi connectivity index (χ0) is 19.8. The minimum absolute atomic E-state index is 0.0871. The van der Waals surface area contributed by atoms with Crippen LogP contribution in [0.4, 0.5) is 13.2 Å². The van der Waals surface area contributed by atoms with Crippen LogP contribution in [0, 0.1) is 6.92 Å². The van der Waals surface area contributed by atoms with Crippen molar-refractivity contribution in [2.45, 2.75) is 19.2 Å². The van der Waals surface area contributed by atoms with Crippen LogP contribution in [0.3, 0.4) is 0 Å². The molecule has 1 N–H and O–H groups in total. The number of aromatic nitrogens is 2. The van der Waals surface area contributed by atoms with Gasteiger partial charge in [0.1, 0.15) is 0 Å². The number of carbonyl (C=O) groups excluding carboxylic acids is 1. The van der Waals surface area contributed by atoms with Gasteiger partial charge in [-0.1, -0.05) is 17.7 Å². The van der Waals surface area contributed by atoms with E-state index in [0.29, 0.717) is 5.69 Å². The van der Waals surface area contributed by atoms with Gasteiger partial charge in [0.25, 0.3) is 11.5 Å². The van der Waals surface area contributed by atoms with Crippen LogP contribution in [-0.4, -0.2) is 57.7 Å². The highest BCUT2D eigenvalue weighted by molar-refractivity contribution is 5.94. The van der Waals surface area contributed by atoms with E-state index in [9.17, 15) is 27.9 Å². The Balaban J connectivity index is 1.94. The quantitative estimate of drug-likeness (QED) is 0.853. The first-order valence-corrected chi connectivity index (χ1v) is 8.05. The van der Waals surface area contributed by atoms with E-state index in [1.807, 2.05) is 6.92 Å². The number of nitrogens with zero attached hydrogens (tertiary/aromatic N) is 3. The van der Waals surface area contributed by atoms with Gasteiger partial charge in [0.2, 0.25) is 0 Å². The van der Waals surface area contributed by atoms with Gasteiger partial charge in [0, 0.05) is 12.6 Å². The Morgan fingerprint density at radius 1 is 1.30 bits per heavy atom. The normalized spacial score (nSPS) is 17.8. The summed E-state index contributed by atoms with van der Waals surface area (Å²) in [5.74, 6) is -1.60. The molecule has 10 heteroatoms. The van der Waals surface area contributed by atoms with Crippen LogP contribution < -0.4 is 5.56 Å². The van der Waals surface area contributed by atoms with E-state index in [2.05, 4.69) is 9.84 Å². The second kappa shape index (κ2) is 7.03. The molecule has 0 radical (unpaired) electrons. The van der Waals surface area contributed by atoms with Crippen molar-refractivity contribution < 1.29 is 27.8 Å². The first-order valence-electron chi connectivity index (χ1n) is 8.05. The Bertz CT molecular complexity index is 909. The van der Waals surface area contributed by atoms with Gasteiger partial charge >= 0.3 is 6.18 Å². The summed E-state index contributed by atoms with van der Waals surface area (Å²) in [6, 6.07) is 7.47. The Kier molecular flexibility index (Phi) is 4.92. The minimum atomic E-state index is -4.62. The van der Waals surface area contributed by atoms with Gasteiger partial charge in [0.15, 0.2) is 17.5 Å². The van der Waals surface area contributed by atoms with Crippen molar-refractivity contribution in [1.29, 1.82) is 0 Å². The van der Waals surface area contributed by atoms with Crippen LogP contribution >= 0.6 is 0 Å². The summed E-state index contributed by atoms with van der Waals surface area (Å²) >= 11 is 0. The SMILES string of the molecule is Cc1ccc(-n2nc(C(=O)N3CCO[C@@H](C(F)(F)F)C3)c(O)cc2=O)cc1. The minimum Gasteiger partial charge on any atom is -0.505 e. The van der Waals surface area contributed by atoms with Crippen LogP contribution in [0.15, 0.2) is 35.1 Å². The fourth-order valence-electron chi connectivity index (χ4n) is 2.65. The van der Waals surface area contributed by atoms with Gasteiger partial charge in [-0.3, -0.25) is 9.59 Å². The highest BCUT2D eigenvalue weighted by atomic mass is 19.4. The Hall–Kier alpha value is -2.88. The number of benzene rings is 1. The molecule has 0 unspecified atom stereocenters. The van der Waals surface area contributed by atoms with E-state index < -0.39 is 41.7 Å². The number of hydrogen-bond donors (Lipinski definition) is 1. The molecular formula is C17H16F3N3O4. The summed E-state index contributed by atoms with van der Waals surface area (Å²) in [6.07, 6.45) is -6.73. The number of carbonyl (C=O) groups is 1. The molecule has 2 heterocycles. The molecular weight excluding hydrogens is 367 g/mol. The molecule has 27 heavy (non-hydrogen) atoms. The van der Waals surface area contributed by atoms with Gasteiger partial charge in [0.05, 0.1) is 18.8 Å². The Morgan fingerprint density at radius 3 is 2.59 bits per heavy atom. The number of amides is 1. The van der Waals surface area contributed by atoms with Gasteiger partial charge in [-0.05, 0) is 19.1 Å². The van der Waals surface area contributed by atoms with Crippen molar-refractivity contribution in [3.63, 3.8) is 0 Å². The van der Waals surface area contributed by atoms with Gasteiger partial charge in [-0.25, -0.2) is 0 Å². The van der Waals surface area contributed by atoms with Crippen LogP contribution in [0.2, 0.25) is 0 Å². The smallest absolute Gasteiger partial charge is 0.416 e. The van der Waals surface area contributed by atoms with Crippen molar-refractivity contribution in [1.82, 2.24) is 14.7 Å². The average molecular weight is 383 g/mol. The van der Waals surface area contributed by atoms with E-state index in [4.69, 9.17) is 0 Å². The lowest BCUT2D eigenvalue weighted by molar-refractivity contribution is -0.233. The molecule has 0 bridgehead atoms. The molecule has 1 fully saturated rings. The van der Waals surface area contributed by atoms with Crippen molar-refractivity contribution >= 4 is 5.91 Å². The monoisotopic (exact) mass is 383 g/mol. The molecule has 2 aromatic rings. The summed E-state index contributed by atoms with van der Waals surface area (Å²) in [4.78, 5) is 25.6. The zero-order valence-corrected chi connectivity index (χ0v) is 14.2. The topological polar surface area (TPSA) is 84.7 Å². The number of rotatable bonds is 2. The number of halogens is 3. The van der Waals surface area contributed by atoms with E-state index in [1.165, 1.54) is 0 Å². The fourth-order valence-corrected chi connectivity index (χ4v) is 2.65. The van der Waals surface area contributed by atoms with Crippen molar-refractivity contribution in [3.05, 3.63) is 51.9 Å². The largest absolute Gasteiger partial charge is 0.505 e. The molecule has 1 aromatic heterocycles. The molecule has 3 rings (SSSR count). The van der Waals surface area contributed by atoms with E-state index >= 15 is 0 Å². The predicted octanol–water partition coefficient (Wildman–Crippen LogP) is 1.65. The second-order valence-electron chi connectivity index (χ2n) is 6.12.